The number of hydrogen-bond acceptors (Lipinski definition) is 5. The number of aromatic nitrogens is 2. The van der Waals surface area contributed by atoms with Crippen LogP contribution >= 0.6 is 0 Å². The maximum atomic E-state index is 11.8. The highest BCUT2D eigenvalue weighted by molar-refractivity contribution is 6.01. The predicted octanol–water partition coefficient (Wildman–Crippen LogP) is 2.98. The van der Waals surface area contributed by atoms with Gasteiger partial charge in [-0.15, -0.1) is 0 Å². The van der Waals surface area contributed by atoms with E-state index in [1.165, 1.54) is 12.3 Å². The first-order valence-electron chi connectivity index (χ1n) is 6.21. The fourth-order valence-corrected chi connectivity index (χ4v) is 1.68. The lowest BCUT2D eigenvalue weighted by Crippen LogP contribution is -2.07. The first kappa shape index (κ1) is 12.9. The summed E-state index contributed by atoms with van der Waals surface area (Å²) in [5.41, 5.74) is 0.886. The molecule has 0 aliphatic rings. The molecule has 0 aromatic carbocycles. The van der Waals surface area contributed by atoms with E-state index in [4.69, 9.17) is 8.94 Å². The van der Waals surface area contributed by atoms with E-state index in [-0.39, 0.29) is 5.91 Å². The second kappa shape index (κ2) is 5.87. The Kier molecular flexibility index (Phi) is 3.60. The molecular weight excluding hydrogens is 270 g/mol. The summed E-state index contributed by atoms with van der Waals surface area (Å²) in [4.78, 5) is 15.7. The summed E-state index contributed by atoms with van der Waals surface area (Å²) in [5.74, 6) is 1.03. The van der Waals surface area contributed by atoms with Gasteiger partial charge in [-0.1, -0.05) is 5.16 Å². The summed E-state index contributed by atoms with van der Waals surface area (Å²) in [6.45, 7) is 0. The summed E-state index contributed by atoms with van der Waals surface area (Å²) in [6.07, 6.45) is 7.95. The zero-order valence-electron chi connectivity index (χ0n) is 10.9. The van der Waals surface area contributed by atoms with Crippen molar-refractivity contribution in [1.29, 1.82) is 0 Å². The third kappa shape index (κ3) is 3.24. The van der Waals surface area contributed by atoms with E-state index >= 15 is 0 Å². The topological polar surface area (TPSA) is 81.2 Å². The van der Waals surface area contributed by atoms with Crippen LogP contribution in [0, 0.1) is 0 Å². The van der Waals surface area contributed by atoms with Crippen molar-refractivity contribution in [1.82, 2.24) is 10.1 Å². The fourth-order valence-electron chi connectivity index (χ4n) is 1.68. The van der Waals surface area contributed by atoms with Gasteiger partial charge in [-0.25, -0.2) is 0 Å². The Morgan fingerprint density at radius 2 is 2.05 bits per heavy atom. The van der Waals surface area contributed by atoms with Gasteiger partial charge in [0.1, 0.15) is 0 Å². The molecule has 3 aromatic heterocycles. The van der Waals surface area contributed by atoms with Crippen LogP contribution in [0.4, 0.5) is 5.82 Å². The van der Waals surface area contributed by atoms with Gasteiger partial charge in [-0.05, 0) is 35.9 Å². The second-order valence-corrected chi connectivity index (χ2v) is 4.16. The molecular formula is C15H11N3O3. The minimum atomic E-state index is -0.300. The molecule has 0 bridgehead atoms. The normalized spacial score (nSPS) is 10.9. The molecule has 0 aliphatic carbocycles. The number of nitrogens with one attached hydrogen (secondary N) is 1. The first-order valence-corrected chi connectivity index (χ1v) is 6.21. The molecule has 0 saturated carbocycles. The monoisotopic (exact) mass is 281 g/mol. The van der Waals surface area contributed by atoms with Crippen molar-refractivity contribution < 1.29 is 13.7 Å². The van der Waals surface area contributed by atoms with E-state index in [0.29, 0.717) is 17.3 Å². The molecule has 0 aliphatic heterocycles. The molecule has 0 fully saturated rings. The van der Waals surface area contributed by atoms with E-state index in [0.717, 1.165) is 5.56 Å². The van der Waals surface area contributed by atoms with Crippen molar-refractivity contribution in [3.05, 3.63) is 60.6 Å². The number of hydrogen-bond donors (Lipinski definition) is 1. The Morgan fingerprint density at radius 1 is 1.19 bits per heavy atom. The number of amides is 1. The Hall–Kier alpha value is -3.15. The maximum absolute atomic E-state index is 11.8. The largest absolute Gasteiger partial charge is 0.461 e. The highest BCUT2D eigenvalue weighted by atomic mass is 16.5. The number of anilines is 1. The van der Waals surface area contributed by atoms with Gasteiger partial charge in [0.25, 0.3) is 0 Å². The molecule has 0 unspecified atom stereocenters. The average molecular weight is 281 g/mol. The molecule has 1 N–H and O–H groups in total. The van der Waals surface area contributed by atoms with E-state index in [1.54, 1.807) is 48.8 Å². The van der Waals surface area contributed by atoms with Crippen LogP contribution in [-0.4, -0.2) is 16.0 Å². The van der Waals surface area contributed by atoms with Gasteiger partial charge in [-0.3, -0.25) is 9.78 Å². The zero-order chi connectivity index (χ0) is 14.5. The Bertz CT molecular complexity index is 746. The maximum Gasteiger partial charge on any atom is 0.249 e. The van der Waals surface area contributed by atoms with E-state index in [2.05, 4.69) is 15.5 Å². The first-order chi connectivity index (χ1) is 10.3. The van der Waals surface area contributed by atoms with Crippen LogP contribution in [0.25, 0.3) is 17.6 Å². The summed E-state index contributed by atoms with van der Waals surface area (Å²) in [6, 6.07) is 8.68. The number of carbonyl (C=O) groups excluding carboxylic acids is 1. The quantitative estimate of drug-likeness (QED) is 0.743. The standard InChI is InChI=1S/C15H11N3O3/c19-15(4-3-11-5-7-16-8-6-11)17-14-10-13(21-18-14)12-2-1-9-20-12/h1-10H,(H,17,18,19)/b4-3+. The Balaban J connectivity index is 1.64. The van der Waals surface area contributed by atoms with Crippen molar-refractivity contribution >= 4 is 17.8 Å². The summed E-state index contributed by atoms with van der Waals surface area (Å²) in [7, 11) is 0. The molecule has 104 valence electrons. The van der Waals surface area contributed by atoms with Crippen LogP contribution < -0.4 is 5.32 Å². The van der Waals surface area contributed by atoms with E-state index in [9.17, 15) is 4.79 Å². The van der Waals surface area contributed by atoms with Crippen LogP contribution in [0.3, 0.4) is 0 Å². The Morgan fingerprint density at radius 3 is 2.81 bits per heavy atom. The van der Waals surface area contributed by atoms with Gasteiger partial charge in [0.2, 0.25) is 11.7 Å². The predicted molar refractivity (Wildman–Crippen MR) is 76.1 cm³/mol. The van der Waals surface area contributed by atoms with Crippen molar-refractivity contribution in [2.45, 2.75) is 0 Å². The van der Waals surface area contributed by atoms with Gasteiger partial charge in [-0.2, -0.15) is 0 Å². The van der Waals surface area contributed by atoms with Gasteiger partial charge in [0, 0.05) is 24.5 Å². The smallest absolute Gasteiger partial charge is 0.249 e. The number of carbonyl (C=O) groups is 1. The molecule has 6 heteroatoms. The summed E-state index contributed by atoms with van der Waals surface area (Å²) >= 11 is 0. The van der Waals surface area contributed by atoms with Gasteiger partial charge in [0.05, 0.1) is 6.26 Å². The highest BCUT2D eigenvalue weighted by Crippen LogP contribution is 2.22. The number of furan rings is 1. The van der Waals surface area contributed by atoms with Gasteiger partial charge < -0.3 is 14.3 Å². The zero-order valence-corrected chi connectivity index (χ0v) is 10.9. The Labute approximate surface area is 120 Å². The van der Waals surface area contributed by atoms with Crippen LogP contribution in [0.5, 0.6) is 0 Å². The van der Waals surface area contributed by atoms with E-state index in [1.807, 2.05) is 0 Å². The number of pyridine rings is 1. The molecule has 1 amide bonds. The minimum Gasteiger partial charge on any atom is -0.461 e. The van der Waals surface area contributed by atoms with Gasteiger partial charge >= 0.3 is 0 Å². The van der Waals surface area contributed by atoms with Crippen molar-refractivity contribution in [2.24, 2.45) is 0 Å². The lowest BCUT2D eigenvalue weighted by atomic mass is 10.2. The average Bonchev–Trinajstić information content (AvgIpc) is 3.17. The summed E-state index contributed by atoms with van der Waals surface area (Å²) < 4.78 is 10.3. The third-order valence-corrected chi connectivity index (χ3v) is 2.66. The van der Waals surface area contributed by atoms with E-state index < -0.39 is 0 Å². The summed E-state index contributed by atoms with van der Waals surface area (Å²) in [5, 5.41) is 6.36. The molecule has 3 heterocycles. The fraction of sp³-hybridized carbons (Fsp3) is 0. The molecule has 3 aromatic rings. The van der Waals surface area contributed by atoms with Crippen molar-refractivity contribution in [3.63, 3.8) is 0 Å². The number of rotatable bonds is 4. The lowest BCUT2D eigenvalue weighted by Gasteiger charge is -1.94. The van der Waals surface area contributed by atoms with Crippen molar-refractivity contribution in [2.75, 3.05) is 5.32 Å². The van der Waals surface area contributed by atoms with Crippen LogP contribution in [-0.2, 0) is 4.79 Å². The van der Waals surface area contributed by atoms with Crippen molar-refractivity contribution in [3.8, 4) is 11.5 Å². The number of nitrogens with zero attached hydrogens (tertiary/aromatic N) is 2. The lowest BCUT2D eigenvalue weighted by molar-refractivity contribution is -0.111. The van der Waals surface area contributed by atoms with Crippen LogP contribution in [0.2, 0.25) is 0 Å². The van der Waals surface area contributed by atoms with Crippen LogP contribution in [0.15, 0.2) is 64.0 Å². The minimum absolute atomic E-state index is 0.300. The molecule has 0 spiro atoms. The van der Waals surface area contributed by atoms with Crippen LogP contribution in [0.1, 0.15) is 5.56 Å². The molecule has 0 radical (unpaired) electrons. The molecule has 6 nitrogen and oxygen atoms in total. The molecule has 0 atom stereocenters. The van der Waals surface area contributed by atoms with Gasteiger partial charge in [0.15, 0.2) is 11.6 Å². The second-order valence-electron chi connectivity index (χ2n) is 4.16. The molecule has 21 heavy (non-hydrogen) atoms. The molecule has 3 rings (SSSR count). The molecule has 0 saturated heterocycles. The SMILES string of the molecule is O=C(/C=C/c1ccncc1)Nc1cc(-c2ccco2)on1. The third-order valence-electron chi connectivity index (χ3n) is 2.66. The highest BCUT2D eigenvalue weighted by Gasteiger charge is 2.09.